The van der Waals surface area contributed by atoms with Crippen LogP contribution < -0.4 is 17.0 Å². The number of rotatable bonds is 0. The van der Waals surface area contributed by atoms with Crippen LogP contribution in [0.2, 0.25) is 0 Å². The van der Waals surface area contributed by atoms with Crippen LogP contribution in [0.3, 0.4) is 0 Å². The van der Waals surface area contributed by atoms with E-state index in [2.05, 4.69) is 11.3 Å². The third-order valence-electron chi connectivity index (χ3n) is 0.580. The summed E-state index contributed by atoms with van der Waals surface area (Å²) in [5.41, 5.74) is 0. The van der Waals surface area contributed by atoms with Gasteiger partial charge >= 0.3 is 23.1 Å². The van der Waals surface area contributed by atoms with Crippen LogP contribution in [-0.4, -0.2) is 32.6 Å². The molecule has 0 N–H and O–H groups in total. The molecule has 0 unspecified atom stereocenters. The van der Waals surface area contributed by atoms with Gasteiger partial charge in [0, 0.05) is 6.33 Å². The molecular weight excluding hydrogens is 180 g/mol. The van der Waals surface area contributed by atoms with Gasteiger partial charge in [-0.05, 0) is 7.05 Å². The van der Waals surface area contributed by atoms with Crippen LogP contribution >= 0.6 is 0 Å². The van der Waals surface area contributed by atoms with E-state index in [9.17, 15) is 0 Å². The van der Waals surface area contributed by atoms with E-state index in [4.69, 9.17) is 0 Å². The Morgan fingerprint density at radius 3 is 2.38 bits per heavy atom. The zero-order chi connectivity index (χ0) is 4.41. The molecular formula is C4H5BrMgN2. The molecule has 2 nitrogen and oxygen atoms in total. The SMILES string of the molecule is Cn1[c-]ncc1.[Br-].[Mg+2]. The van der Waals surface area contributed by atoms with Crippen molar-refractivity contribution in [3.63, 3.8) is 0 Å². The van der Waals surface area contributed by atoms with E-state index in [1.54, 1.807) is 10.8 Å². The van der Waals surface area contributed by atoms with Crippen LogP contribution in [0.5, 0.6) is 0 Å². The molecule has 8 heavy (non-hydrogen) atoms. The summed E-state index contributed by atoms with van der Waals surface area (Å²) in [4.78, 5) is 3.66. The molecule has 0 aromatic carbocycles. The van der Waals surface area contributed by atoms with Gasteiger partial charge in [-0.15, -0.1) is 12.4 Å². The monoisotopic (exact) mass is 184 g/mol. The summed E-state index contributed by atoms with van der Waals surface area (Å²) in [6, 6.07) is 0. The van der Waals surface area contributed by atoms with E-state index in [1.165, 1.54) is 0 Å². The molecule has 4 heteroatoms. The van der Waals surface area contributed by atoms with Gasteiger partial charge in [0.1, 0.15) is 0 Å². The van der Waals surface area contributed by atoms with Gasteiger partial charge in [0.05, 0.1) is 0 Å². The second-order valence-electron chi connectivity index (χ2n) is 1.14. The average molecular weight is 185 g/mol. The number of halogens is 1. The zero-order valence-electron chi connectivity index (χ0n) is 4.63. The van der Waals surface area contributed by atoms with Gasteiger partial charge in [-0.3, -0.25) is 0 Å². The van der Waals surface area contributed by atoms with E-state index in [-0.39, 0.29) is 40.0 Å². The molecule has 0 fully saturated rings. The third-order valence-corrected chi connectivity index (χ3v) is 0.580. The number of aromatic nitrogens is 2. The van der Waals surface area contributed by atoms with Crippen LogP contribution in [0.25, 0.3) is 0 Å². The van der Waals surface area contributed by atoms with Crippen molar-refractivity contribution in [2.75, 3.05) is 0 Å². The Morgan fingerprint density at radius 1 is 1.62 bits per heavy atom. The number of aryl methyl sites for hydroxylation is 1. The third kappa shape index (κ3) is 3.46. The van der Waals surface area contributed by atoms with Crippen molar-refractivity contribution in [1.29, 1.82) is 0 Å². The van der Waals surface area contributed by atoms with Crippen molar-refractivity contribution < 1.29 is 17.0 Å². The van der Waals surface area contributed by atoms with Gasteiger partial charge in [0.2, 0.25) is 0 Å². The maximum atomic E-state index is 3.66. The molecule has 0 atom stereocenters. The Bertz CT molecular complexity index is 118. The summed E-state index contributed by atoms with van der Waals surface area (Å²) in [5.74, 6) is 0. The molecule has 1 heterocycles. The minimum Gasteiger partial charge on any atom is -1.00 e. The smallest absolute Gasteiger partial charge is 1.00 e. The molecule has 0 saturated heterocycles. The van der Waals surface area contributed by atoms with E-state index >= 15 is 0 Å². The van der Waals surface area contributed by atoms with Gasteiger partial charge in [0.15, 0.2) is 0 Å². The molecule has 1 aromatic heterocycles. The van der Waals surface area contributed by atoms with Gasteiger partial charge in [-0.2, -0.15) is 0 Å². The van der Waals surface area contributed by atoms with Crippen molar-refractivity contribution >= 4 is 23.1 Å². The zero-order valence-corrected chi connectivity index (χ0v) is 7.63. The fourth-order valence-electron chi connectivity index (χ4n) is 0.291. The summed E-state index contributed by atoms with van der Waals surface area (Å²) >= 11 is 0. The maximum Gasteiger partial charge on any atom is 2.00 e. The molecule has 0 radical (unpaired) electrons. The van der Waals surface area contributed by atoms with Crippen molar-refractivity contribution in [3.05, 3.63) is 18.7 Å². The Hall–Kier alpha value is 0.456. The van der Waals surface area contributed by atoms with Crippen molar-refractivity contribution in [1.82, 2.24) is 9.55 Å². The Balaban J connectivity index is 0. The molecule has 0 amide bonds. The fraction of sp³-hybridized carbons (Fsp3) is 0.250. The van der Waals surface area contributed by atoms with Gasteiger partial charge in [-0.1, -0.05) is 0 Å². The normalized spacial score (nSPS) is 6.62. The number of hydrogen-bond acceptors (Lipinski definition) is 1. The predicted octanol–water partition coefficient (Wildman–Crippen LogP) is -3.16. The molecule has 0 saturated carbocycles. The van der Waals surface area contributed by atoms with Crippen molar-refractivity contribution in [2.45, 2.75) is 0 Å². The topological polar surface area (TPSA) is 17.8 Å². The Kier molecular flexibility index (Phi) is 7.88. The number of nitrogens with zero attached hydrogens (tertiary/aromatic N) is 2. The van der Waals surface area contributed by atoms with Gasteiger partial charge < -0.3 is 26.5 Å². The molecule has 1 rings (SSSR count). The van der Waals surface area contributed by atoms with Gasteiger partial charge in [0.25, 0.3) is 0 Å². The first-order valence-corrected chi connectivity index (χ1v) is 1.74. The predicted molar refractivity (Wildman–Crippen MR) is 27.8 cm³/mol. The van der Waals surface area contributed by atoms with E-state index in [1.807, 2.05) is 13.2 Å². The summed E-state index contributed by atoms with van der Waals surface area (Å²) in [7, 11) is 1.88. The molecule has 0 aliphatic carbocycles. The summed E-state index contributed by atoms with van der Waals surface area (Å²) in [6.45, 7) is 0. The first kappa shape index (κ1) is 11.3. The molecule has 1 aromatic rings. The number of imidazole rings is 1. The maximum absolute atomic E-state index is 3.66. The number of hydrogen-bond donors (Lipinski definition) is 0. The first-order chi connectivity index (χ1) is 2.89. The van der Waals surface area contributed by atoms with E-state index in [0.29, 0.717) is 0 Å². The van der Waals surface area contributed by atoms with Crippen LogP contribution in [0.15, 0.2) is 12.4 Å². The standard InChI is InChI=1S/C4H5N2.BrH.Mg/c1-6-3-2-5-4-6;;/h2-3H,1H3;1H;/q-1;;+2/p-1. The molecule has 0 bridgehead atoms. The fourth-order valence-corrected chi connectivity index (χ4v) is 0.291. The van der Waals surface area contributed by atoms with E-state index in [0.717, 1.165) is 0 Å². The largest absolute Gasteiger partial charge is 2.00 e. The first-order valence-electron chi connectivity index (χ1n) is 1.74. The van der Waals surface area contributed by atoms with E-state index < -0.39 is 0 Å². The molecule has 0 aliphatic rings. The quantitative estimate of drug-likeness (QED) is 0.308. The average Bonchev–Trinajstić information content (AvgIpc) is 1.86. The van der Waals surface area contributed by atoms with Crippen LogP contribution in [-0.2, 0) is 7.05 Å². The molecule has 0 spiro atoms. The molecule has 40 valence electrons. The Morgan fingerprint density at radius 2 is 2.25 bits per heavy atom. The van der Waals surface area contributed by atoms with Crippen molar-refractivity contribution in [3.8, 4) is 0 Å². The van der Waals surface area contributed by atoms with Crippen LogP contribution in [0.1, 0.15) is 0 Å². The summed E-state index contributed by atoms with van der Waals surface area (Å²) < 4.78 is 1.76. The van der Waals surface area contributed by atoms with Crippen LogP contribution in [0.4, 0.5) is 0 Å². The Labute approximate surface area is 75.2 Å². The van der Waals surface area contributed by atoms with Crippen LogP contribution in [0, 0.1) is 6.33 Å². The summed E-state index contributed by atoms with van der Waals surface area (Å²) in [5, 5.41) is 0. The van der Waals surface area contributed by atoms with Gasteiger partial charge in [-0.25, -0.2) is 0 Å². The molecule has 0 aliphatic heterocycles. The minimum absolute atomic E-state index is 0. The minimum atomic E-state index is 0. The second kappa shape index (κ2) is 5.59. The second-order valence-corrected chi connectivity index (χ2v) is 1.14. The summed E-state index contributed by atoms with van der Waals surface area (Å²) in [6.07, 6.45) is 6.19. The van der Waals surface area contributed by atoms with Crippen molar-refractivity contribution in [2.24, 2.45) is 7.05 Å².